The Morgan fingerprint density at radius 2 is 1.71 bits per heavy atom. The number of nitrogens with one attached hydrogen (secondary N) is 1. The monoisotopic (exact) mass is 434 g/mol. The number of aromatic nitrogens is 3. The number of methoxy groups -OCH3 is 1. The SMILES string of the molecule is COc1ccccc1-c1nnc(SCC(=O)Nc2ccccc2F)n1-c1ccccc1. The molecule has 0 saturated heterocycles. The molecule has 0 aliphatic heterocycles. The molecule has 8 heteroatoms. The Morgan fingerprint density at radius 3 is 2.48 bits per heavy atom. The van der Waals surface area contributed by atoms with Gasteiger partial charge in [0.2, 0.25) is 5.91 Å². The Morgan fingerprint density at radius 1 is 1.00 bits per heavy atom. The lowest BCUT2D eigenvalue weighted by molar-refractivity contribution is -0.113. The zero-order valence-electron chi connectivity index (χ0n) is 16.7. The van der Waals surface area contributed by atoms with Crippen molar-refractivity contribution in [3.8, 4) is 22.8 Å². The number of carbonyl (C=O) groups excluding carboxylic acids is 1. The zero-order chi connectivity index (χ0) is 21.6. The maximum atomic E-state index is 13.8. The number of ether oxygens (including phenoxy) is 1. The largest absolute Gasteiger partial charge is 0.496 e. The van der Waals surface area contributed by atoms with Crippen LogP contribution in [0.15, 0.2) is 84.0 Å². The molecule has 156 valence electrons. The quantitative estimate of drug-likeness (QED) is 0.423. The smallest absolute Gasteiger partial charge is 0.234 e. The lowest BCUT2D eigenvalue weighted by Crippen LogP contribution is -2.15. The molecular weight excluding hydrogens is 415 g/mol. The van der Waals surface area contributed by atoms with Crippen molar-refractivity contribution in [3.63, 3.8) is 0 Å². The number of anilines is 1. The van der Waals surface area contributed by atoms with Crippen LogP contribution in [-0.4, -0.2) is 33.5 Å². The van der Waals surface area contributed by atoms with E-state index in [1.165, 1.54) is 23.9 Å². The van der Waals surface area contributed by atoms with Crippen LogP contribution in [-0.2, 0) is 4.79 Å². The highest BCUT2D eigenvalue weighted by Crippen LogP contribution is 2.33. The van der Waals surface area contributed by atoms with Crippen molar-refractivity contribution in [1.29, 1.82) is 0 Å². The van der Waals surface area contributed by atoms with Crippen LogP contribution in [0.25, 0.3) is 17.1 Å². The molecule has 4 rings (SSSR count). The van der Waals surface area contributed by atoms with Gasteiger partial charge in [0.15, 0.2) is 11.0 Å². The van der Waals surface area contributed by atoms with E-state index in [1.54, 1.807) is 19.2 Å². The second-order valence-electron chi connectivity index (χ2n) is 6.49. The number of thioether (sulfide) groups is 1. The summed E-state index contributed by atoms with van der Waals surface area (Å²) in [7, 11) is 1.60. The normalized spacial score (nSPS) is 10.6. The topological polar surface area (TPSA) is 69.0 Å². The predicted molar refractivity (Wildman–Crippen MR) is 119 cm³/mol. The summed E-state index contributed by atoms with van der Waals surface area (Å²) in [5, 5.41) is 11.8. The van der Waals surface area contributed by atoms with Crippen LogP contribution in [0, 0.1) is 5.82 Å². The van der Waals surface area contributed by atoms with Gasteiger partial charge in [0.25, 0.3) is 0 Å². The van der Waals surface area contributed by atoms with Crippen molar-refractivity contribution in [2.24, 2.45) is 0 Å². The van der Waals surface area contributed by atoms with Gasteiger partial charge in [-0.05, 0) is 36.4 Å². The zero-order valence-corrected chi connectivity index (χ0v) is 17.5. The van der Waals surface area contributed by atoms with E-state index >= 15 is 0 Å². The van der Waals surface area contributed by atoms with Crippen molar-refractivity contribution in [2.75, 3.05) is 18.2 Å². The lowest BCUT2D eigenvalue weighted by atomic mass is 10.2. The first-order valence-corrected chi connectivity index (χ1v) is 10.5. The van der Waals surface area contributed by atoms with Crippen molar-refractivity contribution < 1.29 is 13.9 Å². The van der Waals surface area contributed by atoms with E-state index in [0.717, 1.165) is 11.3 Å². The molecule has 6 nitrogen and oxygen atoms in total. The minimum Gasteiger partial charge on any atom is -0.496 e. The van der Waals surface area contributed by atoms with Gasteiger partial charge in [-0.3, -0.25) is 9.36 Å². The van der Waals surface area contributed by atoms with Crippen LogP contribution in [0.5, 0.6) is 5.75 Å². The first-order chi connectivity index (χ1) is 15.2. The molecule has 1 N–H and O–H groups in total. The first-order valence-electron chi connectivity index (χ1n) is 9.49. The minimum atomic E-state index is -0.480. The van der Waals surface area contributed by atoms with Crippen LogP contribution < -0.4 is 10.1 Å². The minimum absolute atomic E-state index is 0.0469. The van der Waals surface area contributed by atoms with Crippen LogP contribution in [0.3, 0.4) is 0 Å². The second-order valence-corrected chi connectivity index (χ2v) is 7.44. The molecule has 0 aliphatic carbocycles. The average Bonchev–Trinajstić information content (AvgIpc) is 3.23. The second kappa shape index (κ2) is 9.44. The van der Waals surface area contributed by atoms with Gasteiger partial charge >= 0.3 is 0 Å². The van der Waals surface area contributed by atoms with E-state index in [-0.39, 0.29) is 17.3 Å². The Bertz CT molecular complexity index is 1200. The summed E-state index contributed by atoms with van der Waals surface area (Å²) < 4.78 is 21.2. The number of nitrogens with zero attached hydrogens (tertiary/aromatic N) is 3. The number of carbonyl (C=O) groups is 1. The molecule has 0 bridgehead atoms. The van der Waals surface area contributed by atoms with E-state index in [2.05, 4.69) is 15.5 Å². The fourth-order valence-electron chi connectivity index (χ4n) is 3.06. The molecule has 4 aromatic rings. The van der Waals surface area contributed by atoms with Gasteiger partial charge < -0.3 is 10.1 Å². The summed E-state index contributed by atoms with van der Waals surface area (Å²) in [5.41, 5.74) is 1.78. The van der Waals surface area contributed by atoms with E-state index in [0.29, 0.717) is 16.7 Å². The first kappa shape index (κ1) is 20.6. The van der Waals surface area contributed by atoms with Crippen LogP contribution in [0.2, 0.25) is 0 Å². The maximum Gasteiger partial charge on any atom is 0.234 e. The van der Waals surface area contributed by atoms with Crippen molar-refractivity contribution >= 4 is 23.4 Å². The van der Waals surface area contributed by atoms with E-state index < -0.39 is 5.82 Å². The molecule has 31 heavy (non-hydrogen) atoms. The third-order valence-corrected chi connectivity index (χ3v) is 5.40. The lowest BCUT2D eigenvalue weighted by Gasteiger charge is -2.12. The molecule has 0 fully saturated rings. The molecule has 0 saturated carbocycles. The summed E-state index contributed by atoms with van der Waals surface area (Å²) in [6.45, 7) is 0. The number of halogens is 1. The number of amides is 1. The van der Waals surface area contributed by atoms with Gasteiger partial charge in [0.05, 0.1) is 24.1 Å². The number of rotatable bonds is 7. The summed E-state index contributed by atoms with van der Waals surface area (Å²) in [5.74, 6) is 0.496. The number of para-hydroxylation sites is 3. The molecule has 0 radical (unpaired) electrons. The molecule has 1 heterocycles. The van der Waals surface area contributed by atoms with Crippen molar-refractivity contribution in [2.45, 2.75) is 5.16 Å². The molecule has 0 aliphatic rings. The van der Waals surface area contributed by atoms with E-state index in [1.807, 2.05) is 59.2 Å². The van der Waals surface area contributed by atoms with Gasteiger partial charge in [0, 0.05) is 5.69 Å². The van der Waals surface area contributed by atoms with Gasteiger partial charge in [-0.1, -0.05) is 54.2 Å². The van der Waals surface area contributed by atoms with Gasteiger partial charge in [-0.25, -0.2) is 4.39 Å². The van der Waals surface area contributed by atoms with Crippen LogP contribution in [0.4, 0.5) is 10.1 Å². The molecule has 0 atom stereocenters. The summed E-state index contributed by atoms with van der Waals surface area (Å²) in [6.07, 6.45) is 0. The average molecular weight is 434 g/mol. The maximum absolute atomic E-state index is 13.8. The number of hydrogen-bond acceptors (Lipinski definition) is 5. The summed E-state index contributed by atoms with van der Waals surface area (Å²) in [4.78, 5) is 12.4. The Hall–Kier alpha value is -3.65. The fraction of sp³-hybridized carbons (Fsp3) is 0.0870. The molecule has 3 aromatic carbocycles. The van der Waals surface area contributed by atoms with Crippen molar-refractivity contribution in [3.05, 3.63) is 84.7 Å². The van der Waals surface area contributed by atoms with Gasteiger partial charge in [-0.2, -0.15) is 0 Å². The molecule has 0 unspecified atom stereocenters. The number of benzene rings is 3. The molecule has 1 aromatic heterocycles. The van der Waals surface area contributed by atoms with Crippen LogP contribution in [0.1, 0.15) is 0 Å². The molecule has 1 amide bonds. The number of hydrogen-bond donors (Lipinski definition) is 1. The Kier molecular flexibility index (Phi) is 6.28. The third-order valence-electron chi connectivity index (χ3n) is 4.48. The van der Waals surface area contributed by atoms with E-state index in [9.17, 15) is 9.18 Å². The van der Waals surface area contributed by atoms with Crippen molar-refractivity contribution in [1.82, 2.24) is 14.8 Å². The van der Waals surface area contributed by atoms with Gasteiger partial charge in [-0.15, -0.1) is 10.2 Å². The van der Waals surface area contributed by atoms with Crippen LogP contribution >= 0.6 is 11.8 Å². The highest BCUT2D eigenvalue weighted by atomic mass is 32.2. The molecular formula is C23H19FN4O2S. The Labute approximate surface area is 183 Å². The highest BCUT2D eigenvalue weighted by Gasteiger charge is 2.19. The fourth-order valence-corrected chi connectivity index (χ4v) is 3.81. The predicted octanol–water partition coefficient (Wildman–Crippen LogP) is 4.81. The molecule has 0 spiro atoms. The third kappa shape index (κ3) is 4.59. The summed E-state index contributed by atoms with van der Waals surface area (Å²) in [6, 6.07) is 23.2. The summed E-state index contributed by atoms with van der Waals surface area (Å²) >= 11 is 1.22. The standard InChI is InChI=1S/C23H19FN4O2S/c1-30-20-14-8-5-11-17(20)22-26-27-23(28(22)16-9-3-2-4-10-16)31-15-21(29)25-19-13-7-6-12-18(19)24/h2-14H,15H2,1H3,(H,25,29). The van der Waals surface area contributed by atoms with E-state index in [4.69, 9.17) is 4.74 Å². The van der Waals surface area contributed by atoms with Gasteiger partial charge in [0.1, 0.15) is 11.6 Å². The highest BCUT2D eigenvalue weighted by molar-refractivity contribution is 7.99. The Balaban J connectivity index is 1.63.